The van der Waals surface area contributed by atoms with E-state index in [9.17, 15) is 9.50 Å². The molecular weight excluding hydrogens is 265 g/mol. The average molecular weight is 281 g/mol. The van der Waals surface area contributed by atoms with Gasteiger partial charge in [0.1, 0.15) is 16.6 Å². The molecule has 0 bridgehead atoms. The normalized spacial score (nSPS) is 10.9. The highest BCUT2D eigenvalue weighted by Crippen LogP contribution is 2.22. The Labute approximate surface area is 115 Å². The summed E-state index contributed by atoms with van der Waals surface area (Å²) in [5, 5.41) is 22.4. The van der Waals surface area contributed by atoms with Crippen LogP contribution in [0.15, 0.2) is 18.2 Å². The van der Waals surface area contributed by atoms with Crippen molar-refractivity contribution in [3.63, 3.8) is 0 Å². The highest BCUT2D eigenvalue weighted by Gasteiger charge is 2.07. The van der Waals surface area contributed by atoms with Gasteiger partial charge in [0.05, 0.1) is 0 Å². The van der Waals surface area contributed by atoms with Crippen molar-refractivity contribution in [1.82, 2.24) is 10.2 Å². The van der Waals surface area contributed by atoms with Gasteiger partial charge in [0, 0.05) is 18.5 Å². The van der Waals surface area contributed by atoms with Crippen molar-refractivity contribution in [3.05, 3.63) is 34.6 Å². The zero-order valence-corrected chi connectivity index (χ0v) is 11.7. The Bertz CT molecular complexity index is 557. The Balaban J connectivity index is 1.98. The van der Waals surface area contributed by atoms with Crippen molar-refractivity contribution in [3.8, 4) is 5.75 Å². The fraction of sp³-hybridized carbons (Fsp3) is 0.385. The van der Waals surface area contributed by atoms with Gasteiger partial charge in [0.15, 0.2) is 0 Å². The Hall–Kier alpha value is -1.69. The van der Waals surface area contributed by atoms with E-state index in [1.807, 2.05) is 0 Å². The van der Waals surface area contributed by atoms with Crippen LogP contribution >= 0.6 is 11.3 Å². The van der Waals surface area contributed by atoms with E-state index in [0.717, 1.165) is 11.4 Å². The number of benzene rings is 1. The lowest BCUT2D eigenvalue weighted by Crippen LogP contribution is -1.99. The predicted molar refractivity (Wildman–Crippen MR) is 73.8 cm³/mol. The summed E-state index contributed by atoms with van der Waals surface area (Å²) in [5.41, 5.74) is 0.501. The van der Waals surface area contributed by atoms with E-state index >= 15 is 0 Å². The molecule has 0 unspecified atom stereocenters. The number of hydrogen-bond acceptors (Lipinski definition) is 5. The van der Waals surface area contributed by atoms with Crippen LogP contribution in [0.5, 0.6) is 5.75 Å². The zero-order valence-electron chi connectivity index (χ0n) is 10.9. The van der Waals surface area contributed by atoms with Crippen LogP contribution in [0, 0.1) is 11.7 Å². The lowest BCUT2D eigenvalue weighted by Gasteiger charge is -2.05. The highest BCUT2D eigenvalue weighted by molar-refractivity contribution is 7.15. The van der Waals surface area contributed by atoms with Crippen molar-refractivity contribution in [2.24, 2.45) is 5.92 Å². The van der Waals surface area contributed by atoms with Gasteiger partial charge in [-0.2, -0.15) is 0 Å². The van der Waals surface area contributed by atoms with E-state index in [4.69, 9.17) is 0 Å². The van der Waals surface area contributed by atoms with Gasteiger partial charge in [-0.3, -0.25) is 0 Å². The van der Waals surface area contributed by atoms with E-state index in [0.29, 0.717) is 23.2 Å². The fourth-order valence-electron chi connectivity index (χ4n) is 1.62. The molecule has 0 amide bonds. The number of aromatic hydroxyl groups is 1. The molecule has 0 saturated carbocycles. The van der Waals surface area contributed by atoms with E-state index in [-0.39, 0.29) is 11.6 Å². The molecule has 6 heteroatoms. The fourth-order valence-corrected chi connectivity index (χ4v) is 2.57. The third-order valence-corrected chi connectivity index (χ3v) is 3.42. The number of hydrogen-bond donors (Lipinski definition) is 2. The number of anilines is 1. The molecule has 0 aliphatic carbocycles. The lowest BCUT2D eigenvalue weighted by atomic mass is 10.1. The van der Waals surface area contributed by atoms with Gasteiger partial charge in [0.25, 0.3) is 0 Å². The first kappa shape index (κ1) is 13.7. The number of halogens is 1. The quantitative estimate of drug-likeness (QED) is 0.883. The SMILES string of the molecule is CC(C)Cc1nnc(NCc2cc(F)ccc2O)s1. The average Bonchev–Trinajstić information content (AvgIpc) is 2.77. The van der Waals surface area contributed by atoms with Crippen LogP contribution in [0.2, 0.25) is 0 Å². The minimum Gasteiger partial charge on any atom is -0.508 e. The molecule has 1 aromatic heterocycles. The summed E-state index contributed by atoms with van der Waals surface area (Å²) >= 11 is 1.48. The first-order valence-corrected chi connectivity index (χ1v) is 6.90. The van der Waals surface area contributed by atoms with Crippen LogP contribution in [0.3, 0.4) is 0 Å². The van der Waals surface area contributed by atoms with Crippen LogP contribution in [-0.4, -0.2) is 15.3 Å². The molecule has 0 aliphatic heterocycles. The van der Waals surface area contributed by atoms with Crippen LogP contribution in [0.1, 0.15) is 24.4 Å². The molecule has 0 aliphatic rings. The summed E-state index contributed by atoms with van der Waals surface area (Å²) in [6.45, 7) is 4.57. The Morgan fingerprint density at radius 3 is 2.89 bits per heavy atom. The van der Waals surface area contributed by atoms with Crippen molar-refractivity contribution >= 4 is 16.5 Å². The molecular formula is C13H16FN3OS. The first-order valence-electron chi connectivity index (χ1n) is 6.08. The van der Waals surface area contributed by atoms with Gasteiger partial charge >= 0.3 is 0 Å². The maximum atomic E-state index is 13.1. The minimum absolute atomic E-state index is 0.0702. The lowest BCUT2D eigenvalue weighted by molar-refractivity contribution is 0.466. The summed E-state index contributed by atoms with van der Waals surface area (Å²) in [6.07, 6.45) is 0.893. The maximum absolute atomic E-state index is 13.1. The maximum Gasteiger partial charge on any atom is 0.205 e. The van der Waals surface area contributed by atoms with Gasteiger partial charge in [-0.1, -0.05) is 25.2 Å². The first-order chi connectivity index (χ1) is 9.04. The summed E-state index contributed by atoms with van der Waals surface area (Å²) in [6, 6.07) is 3.87. The summed E-state index contributed by atoms with van der Waals surface area (Å²) in [7, 11) is 0. The highest BCUT2D eigenvalue weighted by atomic mass is 32.1. The molecule has 0 radical (unpaired) electrons. The topological polar surface area (TPSA) is 58.0 Å². The van der Waals surface area contributed by atoms with Crippen molar-refractivity contribution in [2.75, 3.05) is 5.32 Å². The van der Waals surface area contributed by atoms with E-state index in [2.05, 4.69) is 29.4 Å². The minimum atomic E-state index is -0.368. The summed E-state index contributed by atoms with van der Waals surface area (Å²) in [4.78, 5) is 0. The molecule has 19 heavy (non-hydrogen) atoms. The number of rotatable bonds is 5. The second-order valence-electron chi connectivity index (χ2n) is 4.73. The van der Waals surface area contributed by atoms with Crippen LogP contribution in [0.25, 0.3) is 0 Å². The van der Waals surface area contributed by atoms with E-state index in [1.165, 1.54) is 29.5 Å². The molecule has 0 atom stereocenters. The standard InChI is InChI=1S/C13H16FN3OS/c1-8(2)5-12-16-17-13(19-12)15-7-9-6-10(14)3-4-11(9)18/h3-4,6,8,18H,5,7H2,1-2H3,(H,15,17). The van der Waals surface area contributed by atoms with Gasteiger partial charge in [-0.25, -0.2) is 4.39 Å². The molecule has 102 valence electrons. The monoisotopic (exact) mass is 281 g/mol. The molecule has 2 aromatic rings. The Kier molecular flexibility index (Phi) is 4.31. The van der Waals surface area contributed by atoms with Gasteiger partial charge in [0.2, 0.25) is 5.13 Å². The van der Waals surface area contributed by atoms with Gasteiger partial charge in [-0.15, -0.1) is 10.2 Å². The second kappa shape index (κ2) is 5.97. The number of nitrogens with one attached hydrogen (secondary N) is 1. The second-order valence-corrected chi connectivity index (χ2v) is 5.79. The number of aromatic nitrogens is 2. The van der Waals surface area contributed by atoms with E-state index in [1.54, 1.807) is 0 Å². The third-order valence-electron chi connectivity index (χ3n) is 2.52. The summed E-state index contributed by atoms with van der Waals surface area (Å²) in [5.74, 6) is 0.237. The van der Waals surface area contributed by atoms with E-state index < -0.39 is 0 Å². The van der Waals surface area contributed by atoms with Crippen LogP contribution in [0.4, 0.5) is 9.52 Å². The zero-order chi connectivity index (χ0) is 13.8. The van der Waals surface area contributed by atoms with Crippen molar-refractivity contribution in [2.45, 2.75) is 26.8 Å². The van der Waals surface area contributed by atoms with Gasteiger partial charge in [-0.05, 0) is 24.1 Å². The Morgan fingerprint density at radius 2 is 2.16 bits per heavy atom. The van der Waals surface area contributed by atoms with Crippen molar-refractivity contribution in [1.29, 1.82) is 0 Å². The predicted octanol–water partition coefficient (Wildman–Crippen LogP) is 3.19. The van der Waals surface area contributed by atoms with Crippen LogP contribution in [-0.2, 0) is 13.0 Å². The summed E-state index contributed by atoms with van der Waals surface area (Å²) < 4.78 is 13.1. The smallest absolute Gasteiger partial charge is 0.205 e. The third kappa shape index (κ3) is 3.89. The number of nitrogens with zero attached hydrogens (tertiary/aromatic N) is 2. The molecule has 0 spiro atoms. The molecule has 1 aromatic carbocycles. The molecule has 2 N–H and O–H groups in total. The molecule has 1 heterocycles. The largest absolute Gasteiger partial charge is 0.508 e. The number of phenolic OH excluding ortho intramolecular Hbond substituents is 1. The molecule has 0 saturated heterocycles. The Morgan fingerprint density at radius 1 is 1.37 bits per heavy atom. The number of phenols is 1. The molecule has 2 rings (SSSR count). The molecule has 0 fully saturated rings. The van der Waals surface area contributed by atoms with Gasteiger partial charge < -0.3 is 10.4 Å². The molecule has 4 nitrogen and oxygen atoms in total. The van der Waals surface area contributed by atoms with Crippen LogP contribution < -0.4 is 5.32 Å². The van der Waals surface area contributed by atoms with Crippen molar-refractivity contribution < 1.29 is 9.50 Å².